The molecule has 3 rings (SSSR count). The van der Waals surface area contributed by atoms with Crippen LogP contribution >= 0.6 is 11.8 Å². The van der Waals surface area contributed by atoms with Crippen molar-refractivity contribution in [3.05, 3.63) is 30.3 Å². The van der Waals surface area contributed by atoms with Crippen LogP contribution in [0.5, 0.6) is 0 Å². The number of benzene rings is 1. The van der Waals surface area contributed by atoms with Crippen molar-refractivity contribution in [2.45, 2.75) is 88.4 Å². The summed E-state index contributed by atoms with van der Waals surface area (Å²) in [5, 5.41) is 0.299. The molecule has 0 radical (unpaired) electrons. The molecule has 4 heteroatoms. The summed E-state index contributed by atoms with van der Waals surface area (Å²) in [7, 11) is -1.65. The number of fused-ring (bicyclic) bond motifs is 2. The van der Waals surface area contributed by atoms with Crippen molar-refractivity contribution in [1.82, 2.24) is 4.90 Å². The SMILES string of the molecule is CCN1C[C@]2(CSc3ccccc3)CCC[C@@]1(CCO[Si](C)(C)C(C)(C)C)C2. The third kappa shape index (κ3) is 4.71. The van der Waals surface area contributed by atoms with Crippen molar-refractivity contribution in [3.8, 4) is 0 Å². The van der Waals surface area contributed by atoms with Gasteiger partial charge in [0.05, 0.1) is 0 Å². The average Bonchev–Trinajstić information content (AvgIpc) is 2.86. The Labute approximate surface area is 178 Å². The highest BCUT2D eigenvalue weighted by molar-refractivity contribution is 7.99. The molecule has 2 atom stereocenters. The van der Waals surface area contributed by atoms with Crippen molar-refractivity contribution >= 4 is 20.1 Å². The van der Waals surface area contributed by atoms with Crippen LogP contribution in [0.15, 0.2) is 35.2 Å². The molecule has 1 aromatic carbocycles. The van der Waals surface area contributed by atoms with Gasteiger partial charge in [-0.15, -0.1) is 11.8 Å². The Bertz CT molecular complexity index is 644. The van der Waals surface area contributed by atoms with Gasteiger partial charge in [-0.05, 0) is 67.9 Å². The van der Waals surface area contributed by atoms with E-state index in [-0.39, 0.29) is 0 Å². The average molecular weight is 420 g/mol. The van der Waals surface area contributed by atoms with Crippen molar-refractivity contribution < 1.29 is 4.43 Å². The van der Waals surface area contributed by atoms with Gasteiger partial charge in [-0.3, -0.25) is 4.90 Å². The molecule has 1 aliphatic carbocycles. The van der Waals surface area contributed by atoms with E-state index >= 15 is 0 Å². The van der Waals surface area contributed by atoms with Crippen LogP contribution in [0.3, 0.4) is 0 Å². The Kier molecular flexibility index (Phi) is 6.76. The van der Waals surface area contributed by atoms with Crippen LogP contribution in [0.25, 0.3) is 0 Å². The molecule has 2 nitrogen and oxygen atoms in total. The molecule has 28 heavy (non-hydrogen) atoms. The van der Waals surface area contributed by atoms with E-state index in [1.165, 1.54) is 55.8 Å². The maximum Gasteiger partial charge on any atom is 0.191 e. The normalized spacial score (nSPS) is 28.6. The van der Waals surface area contributed by atoms with Gasteiger partial charge in [-0.25, -0.2) is 0 Å². The Morgan fingerprint density at radius 1 is 1.14 bits per heavy atom. The lowest BCUT2D eigenvalue weighted by Gasteiger charge is -2.43. The van der Waals surface area contributed by atoms with Gasteiger partial charge < -0.3 is 4.43 Å². The van der Waals surface area contributed by atoms with E-state index < -0.39 is 8.32 Å². The van der Waals surface area contributed by atoms with E-state index in [4.69, 9.17) is 4.43 Å². The van der Waals surface area contributed by atoms with Crippen LogP contribution in [0.1, 0.15) is 59.8 Å². The molecule has 0 aromatic heterocycles. The predicted octanol–water partition coefficient (Wildman–Crippen LogP) is 6.83. The molecular formula is C24H41NOSSi. The fourth-order valence-corrected chi connectivity index (χ4v) is 7.30. The third-order valence-corrected chi connectivity index (χ3v) is 13.7. The number of hydrogen-bond donors (Lipinski definition) is 0. The van der Waals surface area contributed by atoms with Gasteiger partial charge in [0.25, 0.3) is 0 Å². The Balaban J connectivity index is 1.65. The second-order valence-corrected chi connectivity index (χ2v) is 16.6. The first-order chi connectivity index (χ1) is 13.1. The largest absolute Gasteiger partial charge is 0.417 e. The number of likely N-dealkylation sites (tertiary alicyclic amines) is 1. The van der Waals surface area contributed by atoms with Crippen LogP contribution in [-0.2, 0) is 4.43 Å². The summed E-state index contributed by atoms with van der Waals surface area (Å²) in [6.45, 7) is 17.6. The molecule has 158 valence electrons. The van der Waals surface area contributed by atoms with Gasteiger partial charge in [0.15, 0.2) is 8.32 Å². The molecule has 0 spiro atoms. The molecular weight excluding hydrogens is 378 g/mol. The summed E-state index contributed by atoms with van der Waals surface area (Å²) in [5.41, 5.74) is 0.873. The first-order valence-corrected chi connectivity index (χ1v) is 15.1. The highest BCUT2D eigenvalue weighted by atomic mass is 32.2. The van der Waals surface area contributed by atoms with Crippen LogP contribution in [0.2, 0.25) is 18.1 Å². The van der Waals surface area contributed by atoms with E-state index in [2.05, 4.69) is 87.8 Å². The molecule has 1 saturated heterocycles. The minimum atomic E-state index is -1.65. The monoisotopic (exact) mass is 419 g/mol. The summed E-state index contributed by atoms with van der Waals surface area (Å²) in [6.07, 6.45) is 6.72. The maximum atomic E-state index is 6.60. The molecule has 1 saturated carbocycles. The summed E-state index contributed by atoms with van der Waals surface area (Å²) in [6, 6.07) is 11.0. The van der Waals surface area contributed by atoms with E-state index in [0.717, 1.165) is 6.61 Å². The Morgan fingerprint density at radius 3 is 2.50 bits per heavy atom. The summed E-state index contributed by atoms with van der Waals surface area (Å²) < 4.78 is 6.60. The Morgan fingerprint density at radius 2 is 1.86 bits per heavy atom. The zero-order valence-corrected chi connectivity index (χ0v) is 20.8. The molecule has 0 amide bonds. The van der Waals surface area contributed by atoms with Gasteiger partial charge >= 0.3 is 0 Å². The molecule has 2 aliphatic rings. The first kappa shape index (κ1) is 22.4. The van der Waals surface area contributed by atoms with E-state index in [1.54, 1.807) is 0 Å². The lowest BCUT2D eigenvalue weighted by molar-refractivity contribution is 0.0908. The third-order valence-electron chi connectivity index (χ3n) is 7.76. The van der Waals surface area contributed by atoms with Crippen LogP contribution in [0, 0.1) is 5.41 Å². The predicted molar refractivity (Wildman–Crippen MR) is 126 cm³/mol. The second kappa shape index (κ2) is 8.45. The molecule has 0 unspecified atom stereocenters. The smallest absolute Gasteiger partial charge is 0.191 e. The molecule has 1 aromatic rings. The van der Waals surface area contributed by atoms with Crippen LogP contribution < -0.4 is 0 Å². The maximum absolute atomic E-state index is 6.60. The quantitative estimate of drug-likeness (QED) is 0.338. The first-order valence-electron chi connectivity index (χ1n) is 11.2. The van der Waals surface area contributed by atoms with Crippen LogP contribution in [-0.4, -0.2) is 44.2 Å². The lowest BCUT2D eigenvalue weighted by Crippen LogP contribution is -2.47. The minimum absolute atomic E-state index is 0.299. The van der Waals surface area contributed by atoms with E-state index in [1.807, 2.05) is 0 Å². The minimum Gasteiger partial charge on any atom is -0.417 e. The highest BCUT2D eigenvalue weighted by Crippen LogP contribution is 2.55. The van der Waals surface area contributed by atoms with Crippen molar-refractivity contribution in [3.63, 3.8) is 0 Å². The van der Waals surface area contributed by atoms with Gasteiger partial charge in [-0.2, -0.15) is 0 Å². The van der Waals surface area contributed by atoms with Gasteiger partial charge in [0, 0.05) is 29.3 Å². The van der Waals surface area contributed by atoms with Crippen molar-refractivity contribution in [2.75, 3.05) is 25.4 Å². The van der Waals surface area contributed by atoms with Crippen molar-refractivity contribution in [2.24, 2.45) is 5.41 Å². The van der Waals surface area contributed by atoms with Crippen molar-refractivity contribution in [1.29, 1.82) is 0 Å². The fraction of sp³-hybridized carbons (Fsp3) is 0.750. The molecule has 1 aliphatic heterocycles. The Hall–Kier alpha value is -0.293. The number of rotatable bonds is 8. The van der Waals surface area contributed by atoms with E-state index in [9.17, 15) is 0 Å². The summed E-state index contributed by atoms with van der Waals surface area (Å²) in [5.74, 6) is 1.26. The summed E-state index contributed by atoms with van der Waals surface area (Å²) in [4.78, 5) is 4.24. The van der Waals surface area contributed by atoms with Gasteiger partial charge in [0.1, 0.15) is 0 Å². The number of hydrogen-bond acceptors (Lipinski definition) is 3. The van der Waals surface area contributed by atoms with Crippen LogP contribution in [0.4, 0.5) is 0 Å². The molecule has 2 bridgehead atoms. The second-order valence-electron chi connectivity index (χ2n) is 10.7. The number of thioether (sulfide) groups is 1. The standard InChI is InChI=1S/C24H41NOSSi/c1-7-25-19-23(20-27-21-12-9-8-10-13-21)14-11-15-24(25,18-23)16-17-26-28(5,6)22(2,3)4/h8-10,12-13H,7,11,14-20H2,1-6H3/t23-,24+/m0/s1. The lowest BCUT2D eigenvalue weighted by atomic mass is 9.70. The summed E-state index contributed by atoms with van der Waals surface area (Å²) >= 11 is 2.07. The number of nitrogens with zero attached hydrogens (tertiary/aromatic N) is 1. The van der Waals surface area contributed by atoms with E-state index in [0.29, 0.717) is 16.0 Å². The zero-order chi connectivity index (χ0) is 20.5. The molecule has 0 N–H and O–H groups in total. The molecule has 2 fully saturated rings. The fourth-order valence-electron chi connectivity index (χ4n) is 5.10. The topological polar surface area (TPSA) is 12.5 Å². The molecule has 1 heterocycles. The van der Waals surface area contributed by atoms with Gasteiger partial charge in [-0.1, -0.05) is 52.3 Å². The van der Waals surface area contributed by atoms with Gasteiger partial charge in [0.2, 0.25) is 0 Å². The highest BCUT2D eigenvalue weighted by Gasteiger charge is 2.54. The zero-order valence-electron chi connectivity index (χ0n) is 19.0.